The number of halogens is 4. The predicted octanol–water partition coefficient (Wildman–Crippen LogP) is 2.74. The molecule has 0 heterocycles. The molecule has 0 radical (unpaired) electrons. The molecule has 0 bridgehead atoms. The molecule has 0 spiro atoms. The largest absolute Gasteiger partial charge is 0.478 e. The fourth-order valence-corrected chi connectivity index (χ4v) is 0.837. The van der Waals surface area contributed by atoms with Crippen LogP contribution in [0.5, 0.6) is 0 Å². The topological polar surface area (TPSA) is 37.3 Å². The normalized spacial score (nSPS) is 9.15. The van der Waals surface area contributed by atoms with E-state index < -0.39 is 28.2 Å². The predicted molar refractivity (Wildman–Crippen MR) is 45.6 cm³/mol. The van der Waals surface area contributed by atoms with Gasteiger partial charge in [-0.15, -0.1) is 12.4 Å². The lowest BCUT2D eigenvalue weighted by molar-refractivity contribution is 0.0690. The molecule has 1 rings (SSSR count). The molecule has 13 heavy (non-hydrogen) atoms. The van der Waals surface area contributed by atoms with Gasteiger partial charge in [-0.05, 0) is 12.1 Å². The SMILES string of the molecule is Cl.O=C(O)c1ccc(Cl)c(F)c1F. The van der Waals surface area contributed by atoms with E-state index in [0.717, 1.165) is 12.1 Å². The number of carboxylic acids is 1. The number of carboxylic acid groups (broad SMARTS) is 1. The van der Waals surface area contributed by atoms with Gasteiger partial charge in [-0.1, -0.05) is 11.6 Å². The highest BCUT2D eigenvalue weighted by Crippen LogP contribution is 2.20. The Bertz CT molecular complexity index is 342. The van der Waals surface area contributed by atoms with Gasteiger partial charge in [0.2, 0.25) is 0 Å². The zero-order valence-corrected chi connectivity index (χ0v) is 7.62. The summed E-state index contributed by atoms with van der Waals surface area (Å²) in [5, 5.41) is 7.90. The highest BCUT2D eigenvalue weighted by atomic mass is 35.5. The molecule has 1 N–H and O–H groups in total. The van der Waals surface area contributed by atoms with Crippen molar-refractivity contribution in [1.82, 2.24) is 0 Å². The summed E-state index contributed by atoms with van der Waals surface area (Å²) in [6.07, 6.45) is 0. The fraction of sp³-hybridized carbons (Fsp3) is 0. The summed E-state index contributed by atoms with van der Waals surface area (Å²) in [7, 11) is 0. The van der Waals surface area contributed by atoms with Gasteiger partial charge in [-0.3, -0.25) is 0 Å². The van der Waals surface area contributed by atoms with E-state index in [4.69, 9.17) is 16.7 Å². The summed E-state index contributed by atoms with van der Waals surface area (Å²) in [4.78, 5) is 10.2. The van der Waals surface area contributed by atoms with Crippen LogP contribution in [0.2, 0.25) is 5.02 Å². The van der Waals surface area contributed by atoms with E-state index >= 15 is 0 Å². The monoisotopic (exact) mass is 228 g/mol. The lowest BCUT2D eigenvalue weighted by Gasteiger charge is -1.98. The van der Waals surface area contributed by atoms with Crippen molar-refractivity contribution in [2.24, 2.45) is 0 Å². The van der Waals surface area contributed by atoms with Crippen molar-refractivity contribution in [3.63, 3.8) is 0 Å². The molecule has 2 nitrogen and oxygen atoms in total. The fourth-order valence-electron chi connectivity index (χ4n) is 0.691. The van der Waals surface area contributed by atoms with Gasteiger partial charge in [0.15, 0.2) is 11.6 Å². The summed E-state index contributed by atoms with van der Waals surface area (Å²) in [5.41, 5.74) is -0.725. The van der Waals surface area contributed by atoms with E-state index in [1.165, 1.54) is 0 Å². The molecule has 0 unspecified atom stereocenters. The van der Waals surface area contributed by atoms with Crippen LogP contribution in [0.4, 0.5) is 8.78 Å². The summed E-state index contributed by atoms with van der Waals surface area (Å²) < 4.78 is 25.3. The third kappa shape index (κ3) is 2.29. The van der Waals surface area contributed by atoms with Crippen molar-refractivity contribution in [2.45, 2.75) is 0 Å². The molecule has 0 saturated heterocycles. The molecule has 0 fully saturated rings. The quantitative estimate of drug-likeness (QED) is 0.751. The van der Waals surface area contributed by atoms with E-state index in [-0.39, 0.29) is 12.4 Å². The number of hydrogen-bond acceptors (Lipinski definition) is 1. The Hall–Kier alpha value is -0.870. The van der Waals surface area contributed by atoms with E-state index in [9.17, 15) is 13.6 Å². The van der Waals surface area contributed by atoms with Gasteiger partial charge in [0, 0.05) is 0 Å². The molecule has 0 aromatic heterocycles. The zero-order valence-electron chi connectivity index (χ0n) is 6.05. The smallest absolute Gasteiger partial charge is 0.338 e. The first kappa shape index (κ1) is 12.1. The van der Waals surface area contributed by atoms with E-state index in [1.54, 1.807) is 0 Å². The van der Waals surface area contributed by atoms with Crippen LogP contribution in [0.3, 0.4) is 0 Å². The minimum Gasteiger partial charge on any atom is -0.478 e. The van der Waals surface area contributed by atoms with Crippen molar-refractivity contribution < 1.29 is 18.7 Å². The summed E-state index contributed by atoms with van der Waals surface area (Å²) >= 11 is 5.18. The third-order valence-electron chi connectivity index (χ3n) is 1.27. The van der Waals surface area contributed by atoms with Crippen molar-refractivity contribution in [3.05, 3.63) is 34.4 Å². The second kappa shape index (κ2) is 4.39. The van der Waals surface area contributed by atoms with Gasteiger partial charge in [-0.25, -0.2) is 13.6 Å². The molecular formula is C7H4Cl2F2O2. The molecule has 0 aliphatic heterocycles. The molecule has 0 amide bonds. The number of hydrogen-bond donors (Lipinski definition) is 1. The third-order valence-corrected chi connectivity index (χ3v) is 1.56. The van der Waals surface area contributed by atoms with Crippen LogP contribution < -0.4 is 0 Å². The molecule has 72 valence electrons. The van der Waals surface area contributed by atoms with Crippen molar-refractivity contribution in [1.29, 1.82) is 0 Å². The number of carbonyl (C=O) groups is 1. The molecule has 0 atom stereocenters. The minimum atomic E-state index is -1.52. The van der Waals surface area contributed by atoms with Crippen molar-refractivity contribution in [3.8, 4) is 0 Å². The number of rotatable bonds is 1. The zero-order chi connectivity index (χ0) is 9.30. The maximum absolute atomic E-state index is 12.7. The summed E-state index contributed by atoms with van der Waals surface area (Å²) in [6, 6.07) is 1.90. The lowest BCUT2D eigenvalue weighted by Crippen LogP contribution is -2.02. The molecule has 1 aromatic carbocycles. The van der Waals surface area contributed by atoms with Crippen LogP contribution in [-0.2, 0) is 0 Å². The number of aromatic carboxylic acids is 1. The van der Waals surface area contributed by atoms with Gasteiger partial charge in [0.1, 0.15) is 0 Å². The Morgan fingerprint density at radius 1 is 1.31 bits per heavy atom. The Morgan fingerprint density at radius 3 is 2.31 bits per heavy atom. The maximum Gasteiger partial charge on any atom is 0.338 e. The first-order valence-corrected chi connectivity index (χ1v) is 3.28. The van der Waals surface area contributed by atoms with Crippen LogP contribution in [-0.4, -0.2) is 11.1 Å². The van der Waals surface area contributed by atoms with Crippen LogP contribution in [0.15, 0.2) is 12.1 Å². The Labute approximate surface area is 83.5 Å². The van der Waals surface area contributed by atoms with Gasteiger partial charge >= 0.3 is 5.97 Å². The second-order valence-corrected chi connectivity index (χ2v) is 2.44. The van der Waals surface area contributed by atoms with Crippen LogP contribution in [0, 0.1) is 11.6 Å². The van der Waals surface area contributed by atoms with E-state index in [1.807, 2.05) is 0 Å². The van der Waals surface area contributed by atoms with Crippen molar-refractivity contribution >= 4 is 30.0 Å². The van der Waals surface area contributed by atoms with E-state index in [2.05, 4.69) is 0 Å². The highest BCUT2D eigenvalue weighted by Gasteiger charge is 2.16. The van der Waals surface area contributed by atoms with Gasteiger partial charge < -0.3 is 5.11 Å². The molecule has 6 heteroatoms. The maximum atomic E-state index is 12.7. The van der Waals surface area contributed by atoms with Crippen molar-refractivity contribution in [2.75, 3.05) is 0 Å². The second-order valence-electron chi connectivity index (χ2n) is 2.03. The van der Waals surface area contributed by atoms with Crippen LogP contribution in [0.25, 0.3) is 0 Å². The average molecular weight is 229 g/mol. The lowest BCUT2D eigenvalue weighted by atomic mass is 10.2. The molecule has 1 aromatic rings. The molecular weight excluding hydrogens is 225 g/mol. The van der Waals surface area contributed by atoms with Gasteiger partial charge in [0.25, 0.3) is 0 Å². The number of benzene rings is 1. The minimum absolute atomic E-state index is 0. The first-order chi connectivity index (χ1) is 5.54. The van der Waals surface area contributed by atoms with Gasteiger partial charge in [-0.2, -0.15) is 0 Å². The first-order valence-electron chi connectivity index (χ1n) is 2.91. The average Bonchev–Trinajstić information content (AvgIpc) is 2.00. The Morgan fingerprint density at radius 2 is 1.85 bits per heavy atom. The van der Waals surface area contributed by atoms with Gasteiger partial charge in [0.05, 0.1) is 10.6 Å². The molecule has 0 saturated carbocycles. The highest BCUT2D eigenvalue weighted by molar-refractivity contribution is 6.30. The molecule has 0 aliphatic carbocycles. The standard InChI is InChI=1S/C7H3ClF2O2.ClH/c8-4-2-1-3(7(11)12)5(9)6(4)10;/h1-2H,(H,11,12);1H. The summed E-state index contributed by atoms with van der Waals surface area (Å²) in [5.74, 6) is -4.30. The summed E-state index contributed by atoms with van der Waals surface area (Å²) in [6.45, 7) is 0. The molecule has 0 aliphatic rings. The Balaban J connectivity index is 0.00000144. The van der Waals surface area contributed by atoms with Crippen LogP contribution in [0.1, 0.15) is 10.4 Å². The van der Waals surface area contributed by atoms with Crippen LogP contribution >= 0.6 is 24.0 Å². The van der Waals surface area contributed by atoms with E-state index in [0.29, 0.717) is 0 Å². The Kier molecular flexibility index (Phi) is 4.10.